The van der Waals surface area contributed by atoms with Gasteiger partial charge in [0.2, 0.25) is 0 Å². The Bertz CT molecular complexity index is 404. The average Bonchev–Trinajstić information content (AvgIpc) is 2.59. The lowest BCUT2D eigenvalue weighted by molar-refractivity contribution is -0.00659. The van der Waals surface area contributed by atoms with Crippen LogP contribution < -0.4 is 0 Å². The van der Waals surface area contributed by atoms with Crippen molar-refractivity contribution in [3.8, 4) is 6.07 Å². The van der Waals surface area contributed by atoms with E-state index in [0.29, 0.717) is 12.0 Å². The SMILES string of the molecule is CCC[C@H]1CC[C@H](CO[C@H]2CC[C@H](C=CC=CC#N)CC2)CC1. The van der Waals surface area contributed by atoms with Gasteiger partial charge in [0.1, 0.15) is 0 Å². The van der Waals surface area contributed by atoms with Crippen LogP contribution in [0.3, 0.4) is 0 Å². The van der Waals surface area contributed by atoms with Crippen molar-refractivity contribution < 1.29 is 4.74 Å². The highest BCUT2D eigenvalue weighted by Crippen LogP contribution is 2.33. The van der Waals surface area contributed by atoms with Gasteiger partial charge in [-0.1, -0.05) is 50.8 Å². The normalized spacial score (nSPS) is 32.3. The number of allylic oxidation sites excluding steroid dienone is 4. The van der Waals surface area contributed by atoms with Gasteiger partial charge in [0.15, 0.2) is 0 Å². The molecule has 23 heavy (non-hydrogen) atoms. The van der Waals surface area contributed by atoms with Gasteiger partial charge in [-0.05, 0) is 56.3 Å². The predicted molar refractivity (Wildman–Crippen MR) is 95.9 cm³/mol. The van der Waals surface area contributed by atoms with Crippen molar-refractivity contribution in [2.24, 2.45) is 17.8 Å². The largest absolute Gasteiger partial charge is 0.378 e. The third-order valence-electron chi connectivity index (χ3n) is 5.61. The molecule has 0 unspecified atom stereocenters. The molecule has 0 heterocycles. The van der Waals surface area contributed by atoms with Gasteiger partial charge < -0.3 is 4.74 Å². The zero-order chi connectivity index (χ0) is 16.3. The van der Waals surface area contributed by atoms with Crippen LogP contribution in [0.15, 0.2) is 24.3 Å². The van der Waals surface area contributed by atoms with E-state index in [-0.39, 0.29) is 0 Å². The van der Waals surface area contributed by atoms with Crippen molar-refractivity contribution in [1.82, 2.24) is 0 Å². The molecule has 2 nitrogen and oxygen atoms in total. The molecule has 0 aliphatic heterocycles. The Hall–Kier alpha value is -1.07. The van der Waals surface area contributed by atoms with Crippen molar-refractivity contribution in [3.05, 3.63) is 24.3 Å². The molecule has 2 aliphatic rings. The summed E-state index contributed by atoms with van der Waals surface area (Å²) in [6.07, 6.45) is 21.3. The van der Waals surface area contributed by atoms with E-state index in [1.807, 2.05) is 18.2 Å². The number of nitriles is 1. The Balaban J connectivity index is 1.57. The van der Waals surface area contributed by atoms with E-state index >= 15 is 0 Å². The topological polar surface area (TPSA) is 33.0 Å². The summed E-state index contributed by atoms with van der Waals surface area (Å²) in [4.78, 5) is 0. The van der Waals surface area contributed by atoms with Crippen molar-refractivity contribution in [3.63, 3.8) is 0 Å². The zero-order valence-electron chi connectivity index (χ0n) is 14.8. The van der Waals surface area contributed by atoms with Crippen LogP contribution in [-0.2, 0) is 4.74 Å². The molecule has 0 amide bonds. The van der Waals surface area contributed by atoms with E-state index in [9.17, 15) is 0 Å². The first kappa shape index (κ1) is 18.3. The molecule has 128 valence electrons. The monoisotopic (exact) mass is 315 g/mol. The highest BCUT2D eigenvalue weighted by atomic mass is 16.5. The first-order valence-electron chi connectivity index (χ1n) is 9.66. The maximum absolute atomic E-state index is 8.46. The Morgan fingerprint density at radius 3 is 2.30 bits per heavy atom. The molecule has 0 aromatic rings. The summed E-state index contributed by atoms with van der Waals surface area (Å²) >= 11 is 0. The van der Waals surface area contributed by atoms with Gasteiger partial charge in [0, 0.05) is 12.7 Å². The summed E-state index contributed by atoms with van der Waals surface area (Å²) in [5.74, 6) is 2.48. The van der Waals surface area contributed by atoms with Crippen molar-refractivity contribution >= 4 is 0 Å². The Kier molecular flexibility index (Phi) is 8.47. The molecule has 0 spiro atoms. The summed E-state index contributed by atoms with van der Waals surface area (Å²) in [6, 6.07) is 2.02. The number of hydrogen-bond acceptors (Lipinski definition) is 2. The van der Waals surface area contributed by atoms with Crippen LogP contribution in [0.4, 0.5) is 0 Å². The second-order valence-electron chi connectivity index (χ2n) is 7.42. The van der Waals surface area contributed by atoms with Gasteiger partial charge >= 0.3 is 0 Å². The van der Waals surface area contributed by atoms with Gasteiger partial charge in [0.25, 0.3) is 0 Å². The van der Waals surface area contributed by atoms with E-state index in [2.05, 4.69) is 13.0 Å². The summed E-state index contributed by atoms with van der Waals surface area (Å²) in [6.45, 7) is 3.30. The van der Waals surface area contributed by atoms with E-state index < -0.39 is 0 Å². The predicted octanol–water partition coefficient (Wildman–Crippen LogP) is 5.80. The Morgan fingerprint density at radius 1 is 0.957 bits per heavy atom. The first-order valence-corrected chi connectivity index (χ1v) is 9.66. The van der Waals surface area contributed by atoms with E-state index in [1.165, 1.54) is 70.3 Å². The number of ether oxygens (including phenoxy) is 1. The maximum Gasteiger partial charge on any atom is 0.0912 e. The quantitative estimate of drug-likeness (QED) is 0.439. The fourth-order valence-electron chi connectivity index (χ4n) is 4.13. The smallest absolute Gasteiger partial charge is 0.0912 e. The third kappa shape index (κ3) is 6.92. The van der Waals surface area contributed by atoms with E-state index in [4.69, 9.17) is 10.00 Å². The average molecular weight is 316 g/mol. The van der Waals surface area contributed by atoms with Gasteiger partial charge in [-0.3, -0.25) is 0 Å². The molecule has 2 saturated carbocycles. The minimum Gasteiger partial charge on any atom is -0.378 e. The molecule has 2 fully saturated rings. The Morgan fingerprint density at radius 2 is 1.65 bits per heavy atom. The molecule has 0 atom stereocenters. The number of hydrogen-bond donors (Lipinski definition) is 0. The lowest BCUT2D eigenvalue weighted by Crippen LogP contribution is -2.25. The van der Waals surface area contributed by atoms with Crippen LogP contribution in [0.1, 0.15) is 71.1 Å². The second kappa shape index (κ2) is 10.7. The molecular weight excluding hydrogens is 282 g/mol. The fraction of sp³-hybridized carbons (Fsp3) is 0.762. The highest BCUT2D eigenvalue weighted by molar-refractivity contribution is 5.12. The second-order valence-corrected chi connectivity index (χ2v) is 7.42. The summed E-state index contributed by atoms with van der Waals surface area (Å²) < 4.78 is 6.23. The van der Waals surface area contributed by atoms with E-state index in [1.54, 1.807) is 0 Å². The third-order valence-corrected chi connectivity index (χ3v) is 5.61. The fourth-order valence-corrected chi connectivity index (χ4v) is 4.13. The molecule has 0 aromatic heterocycles. The van der Waals surface area contributed by atoms with E-state index in [0.717, 1.165) is 18.4 Å². The highest BCUT2D eigenvalue weighted by Gasteiger charge is 2.24. The molecular formula is C21H33NO. The minimum atomic E-state index is 0.489. The van der Waals surface area contributed by atoms with Crippen molar-refractivity contribution in [1.29, 1.82) is 5.26 Å². The number of nitrogens with zero attached hydrogens (tertiary/aromatic N) is 1. The van der Waals surface area contributed by atoms with Crippen LogP contribution in [0, 0.1) is 29.1 Å². The molecule has 0 N–H and O–H groups in total. The molecule has 2 heteroatoms. The van der Waals surface area contributed by atoms with Gasteiger partial charge in [-0.25, -0.2) is 0 Å². The number of rotatable bonds is 7. The van der Waals surface area contributed by atoms with Crippen LogP contribution in [0.25, 0.3) is 0 Å². The standard InChI is InChI=1S/C21H33NO/c1-2-6-18-8-10-20(11-9-18)17-23-21-14-12-19(13-15-21)7-4-3-5-16-22/h3-5,7,18-21H,2,6,8-15,17H2,1H3/t18-,19-,20-,21-. The first-order chi connectivity index (χ1) is 11.3. The van der Waals surface area contributed by atoms with Crippen LogP contribution in [-0.4, -0.2) is 12.7 Å². The van der Waals surface area contributed by atoms with Crippen LogP contribution in [0.5, 0.6) is 0 Å². The van der Waals surface area contributed by atoms with Crippen LogP contribution >= 0.6 is 0 Å². The molecule has 0 saturated heterocycles. The van der Waals surface area contributed by atoms with Gasteiger partial charge in [-0.2, -0.15) is 5.26 Å². The van der Waals surface area contributed by atoms with Crippen molar-refractivity contribution in [2.45, 2.75) is 77.2 Å². The molecule has 2 aliphatic carbocycles. The lowest BCUT2D eigenvalue weighted by atomic mass is 9.80. The van der Waals surface area contributed by atoms with Crippen molar-refractivity contribution in [2.75, 3.05) is 6.61 Å². The lowest BCUT2D eigenvalue weighted by Gasteiger charge is -2.31. The maximum atomic E-state index is 8.46. The Labute approximate surface area is 142 Å². The molecule has 0 bridgehead atoms. The van der Waals surface area contributed by atoms with Gasteiger partial charge in [-0.15, -0.1) is 0 Å². The van der Waals surface area contributed by atoms with Crippen LogP contribution in [0.2, 0.25) is 0 Å². The summed E-state index contributed by atoms with van der Waals surface area (Å²) in [7, 11) is 0. The van der Waals surface area contributed by atoms with Gasteiger partial charge in [0.05, 0.1) is 12.2 Å². The minimum absolute atomic E-state index is 0.489. The zero-order valence-corrected chi connectivity index (χ0v) is 14.8. The molecule has 0 radical (unpaired) electrons. The summed E-state index contributed by atoms with van der Waals surface area (Å²) in [5, 5.41) is 8.46. The molecule has 0 aromatic carbocycles. The molecule has 2 rings (SSSR count). The summed E-state index contributed by atoms with van der Waals surface area (Å²) in [5.41, 5.74) is 0.